The van der Waals surface area contributed by atoms with Gasteiger partial charge in [0.05, 0.1) is 5.56 Å². The minimum atomic E-state index is -1.28. The Hall–Kier alpha value is -0.803. The lowest BCUT2D eigenvalue weighted by Gasteiger charge is -2.25. The van der Waals surface area contributed by atoms with Gasteiger partial charge in [-0.3, -0.25) is 4.79 Å². The molecule has 0 spiro atoms. The standard InChI is InChI=1S/C13H19ClO2Si/c1-13(2,3)10-8-6-7-9(12(14)15)11(10)16-17(4)5/h6-8,17H,1-5H3. The molecule has 0 atom stereocenters. The number of benzene rings is 1. The van der Waals surface area contributed by atoms with E-state index in [9.17, 15) is 4.79 Å². The molecule has 0 bridgehead atoms. The zero-order valence-electron chi connectivity index (χ0n) is 11.0. The summed E-state index contributed by atoms with van der Waals surface area (Å²) in [5.41, 5.74) is 1.44. The normalized spacial score (nSPS) is 11.7. The van der Waals surface area contributed by atoms with Gasteiger partial charge in [-0.15, -0.1) is 0 Å². The fourth-order valence-electron chi connectivity index (χ4n) is 1.65. The molecule has 0 N–H and O–H groups in total. The second-order valence-electron chi connectivity index (χ2n) is 5.37. The van der Waals surface area contributed by atoms with E-state index in [4.69, 9.17) is 16.0 Å². The van der Waals surface area contributed by atoms with Gasteiger partial charge in [0.15, 0.2) is 0 Å². The summed E-state index contributed by atoms with van der Waals surface area (Å²) in [6.45, 7) is 10.4. The van der Waals surface area contributed by atoms with Gasteiger partial charge in [-0.05, 0) is 41.7 Å². The SMILES string of the molecule is C[SiH](C)Oc1c(C(=O)Cl)cccc1C(C)(C)C. The number of hydrogen-bond acceptors (Lipinski definition) is 2. The Morgan fingerprint density at radius 1 is 1.29 bits per heavy atom. The largest absolute Gasteiger partial charge is 0.546 e. The number of rotatable bonds is 3. The Labute approximate surface area is 110 Å². The van der Waals surface area contributed by atoms with E-state index in [1.54, 1.807) is 6.07 Å². The van der Waals surface area contributed by atoms with Gasteiger partial charge in [0.2, 0.25) is 9.04 Å². The summed E-state index contributed by atoms with van der Waals surface area (Å²) in [6.07, 6.45) is 0. The molecular weight excluding hydrogens is 252 g/mol. The van der Waals surface area contributed by atoms with Crippen molar-refractivity contribution in [2.45, 2.75) is 39.3 Å². The van der Waals surface area contributed by atoms with Crippen molar-refractivity contribution in [1.29, 1.82) is 0 Å². The summed E-state index contributed by atoms with van der Waals surface area (Å²) in [4.78, 5) is 11.4. The highest BCUT2D eigenvalue weighted by Gasteiger charge is 2.23. The Morgan fingerprint density at radius 3 is 2.29 bits per heavy atom. The van der Waals surface area contributed by atoms with Crippen LogP contribution in [-0.4, -0.2) is 14.3 Å². The van der Waals surface area contributed by atoms with Crippen molar-refractivity contribution in [2.75, 3.05) is 0 Å². The molecular formula is C13H19ClO2Si. The zero-order valence-corrected chi connectivity index (χ0v) is 12.9. The highest BCUT2D eigenvalue weighted by Crippen LogP contribution is 2.35. The second-order valence-corrected chi connectivity index (χ2v) is 8.05. The fraction of sp³-hybridized carbons (Fsp3) is 0.462. The number of para-hydroxylation sites is 1. The van der Waals surface area contributed by atoms with Crippen molar-refractivity contribution >= 4 is 25.9 Å². The van der Waals surface area contributed by atoms with Crippen LogP contribution in [0.5, 0.6) is 5.75 Å². The molecule has 17 heavy (non-hydrogen) atoms. The summed E-state index contributed by atoms with van der Waals surface area (Å²) in [7, 11) is -1.28. The molecule has 1 rings (SSSR count). The van der Waals surface area contributed by atoms with E-state index < -0.39 is 14.3 Å². The van der Waals surface area contributed by atoms with E-state index in [1.165, 1.54) is 0 Å². The summed E-state index contributed by atoms with van der Waals surface area (Å²) in [5, 5.41) is -0.458. The number of carbonyl (C=O) groups excluding carboxylic acids is 1. The maximum absolute atomic E-state index is 11.4. The predicted molar refractivity (Wildman–Crippen MR) is 74.8 cm³/mol. The maximum atomic E-state index is 11.4. The topological polar surface area (TPSA) is 26.3 Å². The van der Waals surface area contributed by atoms with E-state index >= 15 is 0 Å². The van der Waals surface area contributed by atoms with Crippen molar-refractivity contribution < 1.29 is 9.22 Å². The Morgan fingerprint density at radius 2 is 1.88 bits per heavy atom. The zero-order chi connectivity index (χ0) is 13.2. The highest BCUT2D eigenvalue weighted by molar-refractivity contribution is 6.68. The van der Waals surface area contributed by atoms with Crippen LogP contribution < -0.4 is 4.43 Å². The Bertz CT molecular complexity index is 422. The van der Waals surface area contributed by atoms with Gasteiger partial charge in [-0.25, -0.2) is 0 Å². The van der Waals surface area contributed by atoms with Gasteiger partial charge in [-0.1, -0.05) is 32.9 Å². The van der Waals surface area contributed by atoms with Crippen molar-refractivity contribution in [3.63, 3.8) is 0 Å². The summed E-state index contributed by atoms with van der Waals surface area (Å²) in [6, 6.07) is 5.57. The van der Waals surface area contributed by atoms with E-state index in [0.29, 0.717) is 11.3 Å². The highest BCUT2D eigenvalue weighted by atomic mass is 35.5. The second kappa shape index (κ2) is 5.23. The molecule has 0 saturated carbocycles. The van der Waals surface area contributed by atoms with Crippen LogP contribution in [0.4, 0.5) is 0 Å². The van der Waals surface area contributed by atoms with Crippen LogP contribution in [-0.2, 0) is 5.41 Å². The maximum Gasteiger partial charge on any atom is 0.256 e. The molecule has 0 aliphatic heterocycles. The molecule has 0 aromatic heterocycles. The third-order valence-corrected chi connectivity index (χ3v) is 3.30. The number of hydrogen-bond donors (Lipinski definition) is 0. The van der Waals surface area contributed by atoms with Crippen LogP contribution in [0, 0.1) is 0 Å². The van der Waals surface area contributed by atoms with Crippen LogP contribution in [0.2, 0.25) is 13.1 Å². The van der Waals surface area contributed by atoms with Crippen LogP contribution in [0.25, 0.3) is 0 Å². The van der Waals surface area contributed by atoms with Gasteiger partial charge < -0.3 is 4.43 Å². The number of halogens is 1. The van der Waals surface area contributed by atoms with Crippen LogP contribution >= 0.6 is 11.6 Å². The van der Waals surface area contributed by atoms with Crippen molar-refractivity contribution in [1.82, 2.24) is 0 Å². The monoisotopic (exact) mass is 270 g/mol. The molecule has 94 valence electrons. The van der Waals surface area contributed by atoms with Gasteiger partial charge in [0.25, 0.3) is 5.24 Å². The van der Waals surface area contributed by atoms with Gasteiger partial charge in [0, 0.05) is 0 Å². The quantitative estimate of drug-likeness (QED) is 0.618. The molecule has 0 aliphatic rings. The van der Waals surface area contributed by atoms with E-state index in [2.05, 4.69) is 33.9 Å². The van der Waals surface area contributed by atoms with Crippen LogP contribution in [0.3, 0.4) is 0 Å². The molecule has 4 heteroatoms. The summed E-state index contributed by atoms with van der Waals surface area (Å²) >= 11 is 5.61. The lowest BCUT2D eigenvalue weighted by atomic mass is 9.85. The molecule has 0 amide bonds. The van der Waals surface area contributed by atoms with Crippen LogP contribution in [0.1, 0.15) is 36.7 Å². The van der Waals surface area contributed by atoms with Crippen molar-refractivity contribution in [2.24, 2.45) is 0 Å². The molecule has 0 heterocycles. The van der Waals surface area contributed by atoms with E-state index in [1.807, 2.05) is 12.1 Å². The molecule has 2 nitrogen and oxygen atoms in total. The lowest BCUT2D eigenvalue weighted by molar-refractivity contribution is 0.107. The molecule has 1 aromatic rings. The smallest absolute Gasteiger partial charge is 0.256 e. The minimum Gasteiger partial charge on any atom is -0.546 e. The third kappa shape index (κ3) is 3.58. The fourth-order valence-corrected chi connectivity index (χ4v) is 2.52. The number of carbonyl (C=O) groups is 1. The van der Waals surface area contributed by atoms with Gasteiger partial charge >= 0.3 is 0 Å². The first kappa shape index (κ1) is 14.3. The Balaban J connectivity index is 3.40. The molecule has 1 aromatic carbocycles. The molecule has 0 fully saturated rings. The lowest BCUT2D eigenvalue weighted by Crippen LogP contribution is -2.20. The van der Waals surface area contributed by atoms with Crippen molar-refractivity contribution in [3.05, 3.63) is 29.3 Å². The minimum absolute atomic E-state index is 0.0685. The molecule has 0 saturated heterocycles. The van der Waals surface area contributed by atoms with Crippen molar-refractivity contribution in [3.8, 4) is 5.75 Å². The third-order valence-electron chi connectivity index (χ3n) is 2.39. The van der Waals surface area contributed by atoms with E-state index in [-0.39, 0.29) is 5.41 Å². The predicted octanol–water partition coefficient (Wildman–Crippen LogP) is 3.73. The van der Waals surface area contributed by atoms with Crippen LogP contribution in [0.15, 0.2) is 18.2 Å². The first-order valence-corrected chi connectivity index (χ1v) is 8.89. The van der Waals surface area contributed by atoms with Gasteiger partial charge in [-0.2, -0.15) is 0 Å². The average Bonchev–Trinajstić information content (AvgIpc) is 2.14. The summed E-state index contributed by atoms with van der Waals surface area (Å²) < 4.78 is 5.90. The average molecular weight is 271 g/mol. The summed E-state index contributed by atoms with van der Waals surface area (Å²) in [5.74, 6) is 0.668. The Kier molecular flexibility index (Phi) is 4.39. The van der Waals surface area contributed by atoms with E-state index in [0.717, 1.165) is 5.56 Å². The molecule has 0 radical (unpaired) electrons. The van der Waals surface area contributed by atoms with Gasteiger partial charge in [0.1, 0.15) is 5.75 Å². The first-order valence-electron chi connectivity index (χ1n) is 5.73. The first-order chi connectivity index (χ1) is 7.73. The molecule has 0 unspecified atom stereocenters. The molecule has 0 aliphatic carbocycles.